The second-order valence-electron chi connectivity index (χ2n) is 2.49. The van der Waals surface area contributed by atoms with Gasteiger partial charge in [0.05, 0.1) is 0 Å². The number of carboxylic acids is 1. The zero-order valence-corrected chi connectivity index (χ0v) is 6.97. The predicted octanol–water partition coefficient (Wildman–Crippen LogP) is 2.41. The molecule has 0 saturated carbocycles. The molecule has 0 atom stereocenters. The Bertz CT molecular complexity index is 148. The summed E-state index contributed by atoms with van der Waals surface area (Å²) < 4.78 is 0. The Morgan fingerprint density at radius 2 is 2.18 bits per heavy atom. The lowest BCUT2D eigenvalue weighted by Crippen LogP contribution is -1.99. The number of hydrogen-bond acceptors (Lipinski definition) is 1. The molecule has 1 N–H and O–H groups in total. The highest BCUT2D eigenvalue weighted by atomic mass is 16.4. The number of allylic oxidation sites excluding steroid dienone is 1. The maximum Gasteiger partial charge on any atom is 0.331 e. The van der Waals surface area contributed by atoms with Crippen molar-refractivity contribution in [3.63, 3.8) is 0 Å². The Morgan fingerprint density at radius 1 is 1.55 bits per heavy atom. The van der Waals surface area contributed by atoms with Crippen molar-refractivity contribution in [1.82, 2.24) is 0 Å². The van der Waals surface area contributed by atoms with Crippen molar-refractivity contribution in [3.05, 3.63) is 18.6 Å². The summed E-state index contributed by atoms with van der Waals surface area (Å²) in [7, 11) is 0. The van der Waals surface area contributed by atoms with E-state index < -0.39 is 5.97 Å². The molecule has 0 spiro atoms. The standard InChI is InChI=1S/C9H15O2/c1-3-5-6-7-8(4-2)9(10)11/h4H,2-3,5-7H2,1H3,(H,10,11). The third kappa shape index (κ3) is 4.59. The van der Waals surface area contributed by atoms with Crippen LogP contribution in [-0.2, 0) is 4.79 Å². The molecule has 63 valence electrons. The fraction of sp³-hybridized carbons (Fsp3) is 0.556. The smallest absolute Gasteiger partial charge is 0.331 e. The molecule has 0 rings (SSSR count). The third-order valence-electron chi connectivity index (χ3n) is 1.57. The van der Waals surface area contributed by atoms with E-state index in [9.17, 15) is 4.79 Å². The van der Waals surface area contributed by atoms with Gasteiger partial charge in [-0.3, -0.25) is 0 Å². The molecule has 0 aromatic carbocycles. The van der Waals surface area contributed by atoms with Crippen LogP contribution in [0.3, 0.4) is 0 Å². The Balaban J connectivity index is 3.63. The topological polar surface area (TPSA) is 37.3 Å². The maximum absolute atomic E-state index is 10.4. The molecular formula is C9H15O2. The molecule has 0 aliphatic heterocycles. The van der Waals surface area contributed by atoms with Crippen LogP contribution >= 0.6 is 0 Å². The summed E-state index contributed by atoms with van der Waals surface area (Å²) >= 11 is 0. The Kier molecular flexibility index (Phi) is 5.53. The van der Waals surface area contributed by atoms with E-state index in [0.29, 0.717) is 12.0 Å². The zero-order valence-electron chi connectivity index (χ0n) is 6.97. The van der Waals surface area contributed by atoms with Crippen molar-refractivity contribution in [2.75, 3.05) is 0 Å². The normalized spacial score (nSPS) is 11.6. The summed E-state index contributed by atoms with van der Waals surface area (Å²) in [5.74, 6) is -0.837. The van der Waals surface area contributed by atoms with Gasteiger partial charge in [-0.15, -0.1) is 0 Å². The number of unbranched alkanes of at least 4 members (excludes halogenated alkanes) is 2. The van der Waals surface area contributed by atoms with Crippen molar-refractivity contribution < 1.29 is 9.90 Å². The summed E-state index contributed by atoms with van der Waals surface area (Å²) in [6, 6.07) is 0. The van der Waals surface area contributed by atoms with Crippen LogP contribution in [0.1, 0.15) is 32.6 Å². The highest BCUT2D eigenvalue weighted by molar-refractivity contribution is 5.86. The first-order valence-corrected chi connectivity index (χ1v) is 3.94. The molecule has 0 unspecified atom stereocenters. The lowest BCUT2D eigenvalue weighted by Gasteiger charge is -1.99. The van der Waals surface area contributed by atoms with E-state index in [1.807, 2.05) is 0 Å². The third-order valence-corrected chi connectivity index (χ3v) is 1.57. The van der Waals surface area contributed by atoms with Crippen molar-refractivity contribution >= 4 is 5.97 Å². The minimum absolute atomic E-state index is 0.429. The average Bonchev–Trinajstić information content (AvgIpc) is 1.97. The number of carbonyl (C=O) groups is 1. The maximum atomic E-state index is 10.4. The fourth-order valence-corrected chi connectivity index (χ4v) is 0.862. The average molecular weight is 155 g/mol. The second-order valence-corrected chi connectivity index (χ2v) is 2.49. The largest absolute Gasteiger partial charge is 0.478 e. The molecule has 0 amide bonds. The van der Waals surface area contributed by atoms with E-state index in [1.54, 1.807) is 0 Å². The lowest BCUT2D eigenvalue weighted by molar-refractivity contribution is -0.132. The number of aliphatic carboxylic acids is 1. The summed E-state index contributed by atoms with van der Waals surface area (Å²) in [5, 5.41) is 8.56. The minimum atomic E-state index is -0.837. The van der Waals surface area contributed by atoms with Gasteiger partial charge in [0.1, 0.15) is 0 Å². The Hall–Kier alpha value is -0.790. The molecule has 11 heavy (non-hydrogen) atoms. The minimum Gasteiger partial charge on any atom is -0.478 e. The van der Waals surface area contributed by atoms with Gasteiger partial charge < -0.3 is 5.11 Å². The quantitative estimate of drug-likeness (QED) is 0.489. The van der Waals surface area contributed by atoms with Crippen LogP contribution in [0.2, 0.25) is 0 Å². The first-order chi connectivity index (χ1) is 5.22. The molecule has 0 aliphatic rings. The number of hydrogen-bond donors (Lipinski definition) is 1. The van der Waals surface area contributed by atoms with Crippen molar-refractivity contribution in [2.45, 2.75) is 32.6 Å². The highest BCUT2D eigenvalue weighted by Gasteiger charge is 2.03. The number of carboxylic acid groups (broad SMARTS) is 1. The summed E-state index contributed by atoms with van der Waals surface area (Å²) in [6.07, 6.45) is 5.23. The van der Waals surface area contributed by atoms with E-state index in [2.05, 4.69) is 13.8 Å². The van der Waals surface area contributed by atoms with Crippen LogP contribution in [0.5, 0.6) is 0 Å². The molecule has 0 fully saturated rings. The molecule has 0 heterocycles. The van der Waals surface area contributed by atoms with Gasteiger partial charge in [0, 0.05) is 5.57 Å². The summed E-state index contributed by atoms with van der Waals surface area (Å²) in [4.78, 5) is 10.4. The first kappa shape index (κ1) is 10.2. The van der Waals surface area contributed by atoms with Crippen LogP contribution in [0, 0.1) is 6.92 Å². The molecule has 1 radical (unpaired) electrons. The van der Waals surface area contributed by atoms with Crippen LogP contribution in [0.4, 0.5) is 0 Å². The van der Waals surface area contributed by atoms with E-state index in [4.69, 9.17) is 5.11 Å². The molecule has 0 aromatic rings. The van der Waals surface area contributed by atoms with Gasteiger partial charge in [0.25, 0.3) is 0 Å². The molecule has 0 bridgehead atoms. The molecule has 2 heteroatoms. The van der Waals surface area contributed by atoms with Gasteiger partial charge in [0.2, 0.25) is 0 Å². The van der Waals surface area contributed by atoms with Crippen LogP contribution < -0.4 is 0 Å². The van der Waals surface area contributed by atoms with Crippen LogP contribution in [0.25, 0.3) is 0 Å². The van der Waals surface area contributed by atoms with E-state index in [0.717, 1.165) is 19.3 Å². The monoisotopic (exact) mass is 155 g/mol. The Morgan fingerprint density at radius 3 is 2.55 bits per heavy atom. The molecular weight excluding hydrogens is 140 g/mol. The van der Waals surface area contributed by atoms with E-state index in [1.165, 1.54) is 6.08 Å². The van der Waals surface area contributed by atoms with Gasteiger partial charge in [-0.25, -0.2) is 4.79 Å². The highest BCUT2D eigenvalue weighted by Crippen LogP contribution is 2.08. The predicted molar refractivity (Wildman–Crippen MR) is 45.2 cm³/mol. The van der Waals surface area contributed by atoms with E-state index >= 15 is 0 Å². The molecule has 0 saturated heterocycles. The summed E-state index contributed by atoms with van der Waals surface area (Å²) in [6.45, 7) is 5.53. The van der Waals surface area contributed by atoms with Gasteiger partial charge in [-0.05, 0) is 19.8 Å². The van der Waals surface area contributed by atoms with Crippen LogP contribution in [-0.4, -0.2) is 11.1 Å². The van der Waals surface area contributed by atoms with Gasteiger partial charge in [-0.2, -0.15) is 0 Å². The number of rotatable bonds is 5. The Labute approximate surface area is 67.9 Å². The molecule has 2 nitrogen and oxygen atoms in total. The SMILES string of the molecule is [CH2]C=C(CCCCC)C(=O)O. The van der Waals surface area contributed by atoms with E-state index in [-0.39, 0.29) is 0 Å². The summed E-state index contributed by atoms with van der Waals surface area (Å²) in [5.41, 5.74) is 0.429. The van der Waals surface area contributed by atoms with Crippen molar-refractivity contribution in [1.29, 1.82) is 0 Å². The zero-order chi connectivity index (χ0) is 8.69. The lowest BCUT2D eigenvalue weighted by atomic mass is 10.1. The van der Waals surface area contributed by atoms with Crippen LogP contribution in [0.15, 0.2) is 11.6 Å². The second kappa shape index (κ2) is 5.96. The fourth-order valence-electron chi connectivity index (χ4n) is 0.862. The molecule has 0 aromatic heterocycles. The van der Waals surface area contributed by atoms with Gasteiger partial charge in [-0.1, -0.05) is 25.8 Å². The van der Waals surface area contributed by atoms with Crippen molar-refractivity contribution in [2.24, 2.45) is 0 Å². The van der Waals surface area contributed by atoms with Gasteiger partial charge in [0.15, 0.2) is 0 Å². The van der Waals surface area contributed by atoms with Gasteiger partial charge >= 0.3 is 5.97 Å². The molecule has 0 aliphatic carbocycles. The van der Waals surface area contributed by atoms with Crippen molar-refractivity contribution in [3.8, 4) is 0 Å². The first-order valence-electron chi connectivity index (χ1n) is 3.94.